The predicted octanol–water partition coefficient (Wildman–Crippen LogP) is 3.08. The molecule has 0 aromatic heterocycles. The number of aliphatic imine (C=N–C) groups is 1. The normalized spacial score (nSPS) is 15.6. The lowest BCUT2D eigenvalue weighted by atomic mass is 10.2. The summed E-state index contributed by atoms with van der Waals surface area (Å²) >= 11 is 5.95. The maximum Gasteiger partial charge on any atom is 0.193 e. The number of ether oxygens (including phenoxy) is 1. The van der Waals surface area contributed by atoms with Gasteiger partial charge in [0.1, 0.15) is 0 Å². The zero-order valence-electron chi connectivity index (χ0n) is 15.2. The van der Waals surface area contributed by atoms with Gasteiger partial charge in [-0.2, -0.15) is 0 Å². The van der Waals surface area contributed by atoms with Gasteiger partial charge < -0.3 is 15.0 Å². The van der Waals surface area contributed by atoms with E-state index in [1.165, 1.54) is 5.56 Å². The number of nitrogens with zero attached hydrogens (tertiary/aromatic N) is 3. The van der Waals surface area contributed by atoms with Gasteiger partial charge in [-0.05, 0) is 31.0 Å². The summed E-state index contributed by atoms with van der Waals surface area (Å²) in [5, 5.41) is 4.14. The van der Waals surface area contributed by atoms with Crippen molar-refractivity contribution in [1.29, 1.82) is 0 Å². The van der Waals surface area contributed by atoms with Crippen molar-refractivity contribution in [2.24, 2.45) is 4.99 Å². The lowest BCUT2D eigenvalue weighted by molar-refractivity contribution is 0.0377. The maximum absolute atomic E-state index is 5.95. The fraction of sp³-hybridized carbons (Fsp3) is 0.611. The molecule has 0 spiro atoms. The number of benzene rings is 1. The second-order valence-corrected chi connectivity index (χ2v) is 6.46. The average Bonchev–Trinajstić information content (AvgIpc) is 2.60. The Morgan fingerprint density at radius 3 is 2.60 bits per heavy atom. The number of morpholine rings is 1. The third-order valence-corrected chi connectivity index (χ3v) is 4.28. The molecule has 2 rings (SSSR count). The summed E-state index contributed by atoms with van der Waals surface area (Å²) in [4.78, 5) is 9.36. The smallest absolute Gasteiger partial charge is 0.193 e. The molecule has 1 aromatic carbocycles. The molecule has 1 N–H and O–H groups in total. The van der Waals surface area contributed by atoms with E-state index in [4.69, 9.17) is 21.3 Å². The van der Waals surface area contributed by atoms with E-state index in [1.807, 2.05) is 12.1 Å². The molecular formula is C18H30ClIN4O. The van der Waals surface area contributed by atoms with E-state index < -0.39 is 0 Å². The summed E-state index contributed by atoms with van der Waals surface area (Å²) in [5.41, 5.74) is 1.22. The molecule has 0 bridgehead atoms. The van der Waals surface area contributed by atoms with Gasteiger partial charge in [-0.25, -0.2) is 0 Å². The van der Waals surface area contributed by atoms with Gasteiger partial charge in [0.2, 0.25) is 0 Å². The monoisotopic (exact) mass is 480 g/mol. The van der Waals surface area contributed by atoms with Gasteiger partial charge in [0.05, 0.1) is 13.2 Å². The van der Waals surface area contributed by atoms with Crippen LogP contribution < -0.4 is 5.32 Å². The Balaban J connectivity index is 0.00000312. The Kier molecular flexibility index (Phi) is 11.4. The van der Waals surface area contributed by atoms with E-state index >= 15 is 0 Å². The first-order valence-electron chi connectivity index (χ1n) is 8.73. The van der Waals surface area contributed by atoms with Crippen LogP contribution in [0.3, 0.4) is 0 Å². The van der Waals surface area contributed by atoms with Crippen LogP contribution in [-0.4, -0.2) is 68.7 Å². The highest BCUT2D eigenvalue weighted by Crippen LogP contribution is 2.11. The molecular weight excluding hydrogens is 451 g/mol. The number of rotatable bonds is 7. The van der Waals surface area contributed by atoms with Crippen LogP contribution in [0.25, 0.3) is 0 Å². The Labute approximate surface area is 173 Å². The first kappa shape index (κ1) is 22.5. The van der Waals surface area contributed by atoms with E-state index in [0.717, 1.165) is 69.9 Å². The molecule has 0 aliphatic carbocycles. The molecule has 0 radical (unpaired) electrons. The zero-order chi connectivity index (χ0) is 17.2. The van der Waals surface area contributed by atoms with E-state index in [0.29, 0.717) is 0 Å². The highest BCUT2D eigenvalue weighted by Gasteiger charge is 2.10. The van der Waals surface area contributed by atoms with Crippen molar-refractivity contribution in [2.45, 2.75) is 19.9 Å². The fourth-order valence-electron chi connectivity index (χ4n) is 2.71. The van der Waals surface area contributed by atoms with Gasteiger partial charge in [-0.1, -0.05) is 23.7 Å². The minimum absolute atomic E-state index is 0. The third kappa shape index (κ3) is 8.57. The first-order chi connectivity index (χ1) is 11.7. The van der Waals surface area contributed by atoms with E-state index in [9.17, 15) is 0 Å². The van der Waals surface area contributed by atoms with Crippen LogP contribution in [0.4, 0.5) is 0 Å². The average molecular weight is 481 g/mol. The van der Waals surface area contributed by atoms with Crippen molar-refractivity contribution >= 4 is 41.5 Å². The van der Waals surface area contributed by atoms with E-state index in [1.54, 1.807) is 0 Å². The molecule has 0 saturated carbocycles. The van der Waals surface area contributed by atoms with Crippen molar-refractivity contribution < 1.29 is 4.74 Å². The summed E-state index contributed by atoms with van der Waals surface area (Å²) in [5.74, 6) is 0.953. The number of hydrogen-bond donors (Lipinski definition) is 1. The maximum atomic E-state index is 5.95. The largest absolute Gasteiger partial charge is 0.379 e. The Morgan fingerprint density at radius 2 is 1.96 bits per heavy atom. The Bertz CT molecular complexity index is 506. The summed E-state index contributed by atoms with van der Waals surface area (Å²) in [6.07, 6.45) is 1.07. The van der Waals surface area contributed by atoms with Crippen LogP contribution in [-0.2, 0) is 11.3 Å². The van der Waals surface area contributed by atoms with Gasteiger partial charge in [0, 0.05) is 51.3 Å². The summed E-state index contributed by atoms with van der Waals surface area (Å²) in [6, 6.07) is 7.97. The van der Waals surface area contributed by atoms with Gasteiger partial charge >= 0.3 is 0 Å². The number of guanidine groups is 1. The molecule has 0 amide bonds. The van der Waals surface area contributed by atoms with Crippen LogP contribution in [0.15, 0.2) is 29.3 Å². The number of hydrogen-bond acceptors (Lipinski definition) is 3. The van der Waals surface area contributed by atoms with Crippen molar-refractivity contribution in [1.82, 2.24) is 15.1 Å². The van der Waals surface area contributed by atoms with Crippen molar-refractivity contribution in [3.63, 3.8) is 0 Å². The highest BCUT2D eigenvalue weighted by molar-refractivity contribution is 14.0. The molecule has 1 saturated heterocycles. The molecule has 25 heavy (non-hydrogen) atoms. The van der Waals surface area contributed by atoms with Gasteiger partial charge in [-0.3, -0.25) is 9.89 Å². The lowest BCUT2D eigenvalue weighted by Gasteiger charge is -2.26. The standard InChI is InChI=1S/C18H29ClN4O.HI/c1-3-20-18(21-9-4-10-23-11-13-24-14-12-23)22(2)15-16-5-7-17(19)8-6-16;/h5-8H,3-4,9-15H2,1-2H3,(H,20,21);1H. The van der Waals surface area contributed by atoms with E-state index in [-0.39, 0.29) is 24.0 Å². The molecule has 1 aliphatic heterocycles. The van der Waals surface area contributed by atoms with Gasteiger partial charge in [0.25, 0.3) is 0 Å². The Hall–Kier alpha value is -0.570. The predicted molar refractivity (Wildman–Crippen MR) is 116 cm³/mol. The SMILES string of the molecule is CCNC(=NCCCN1CCOCC1)N(C)Cc1ccc(Cl)cc1.I. The van der Waals surface area contributed by atoms with Crippen LogP contribution in [0.2, 0.25) is 5.02 Å². The molecule has 0 unspecified atom stereocenters. The van der Waals surface area contributed by atoms with Crippen molar-refractivity contribution in [3.05, 3.63) is 34.9 Å². The first-order valence-corrected chi connectivity index (χ1v) is 9.11. The highest BCUT2D eigenvalue weighted by atomic mass is 127. The summed E-state index contributed by atoms with van der Waals surface area (Å²) in [6.45, 7) is 9.50. The minimum Gasteiger partial charge on any atom is -0.379 e. The van der Waals surface area contributed by atoms with Gasteiger partial charge in [0.15, 0.2) is 5.96 Å². The Morgan fingerprint density at radius 1 is 1.28 bits per heavy atom. The second-order valence-electron chi connectivity index (χ2n) is 6.03. The van der Waals surface area contributed by atoms with Crippen molar-refractivity contribution in [3.8, 4) is 0 Å². The topological polar surface area (TPSA) is 40.1 Å². The molecule has 1 aliphatic rings. The second kappa shape index (κ2) is 12.7. The van der Waals surface area contributed by atoms with Crippen LogP contribution in [0.1, 0.15) is 18.9 Å². The molecule has 1 heterocycles. The quantitative estimate of drug-likeness (QED) is 0.282. The van der Waals surface area contributed by atoms with Crippen LogP contribution >= 0.6 is 35.6 Å². The number of nitrogens with one attached hydrogen (secondary N) is 1. The van der Waals surface area contributed by atoms with E-state index in [2.05, 4.69) is 41.2 Å². The molecule has 1 fully saturated rings. The lowest BCUT2D eigenvalue weighted by Crippen LogP contribution is -2.39. The zero-order valence-corrected chi connectivity index (χ0v) is 18.3. The van der Waals surface area contributed by atoms with Gasteiger partial charge in [-0.15, -0.1) is 24.0 Å². The molecule has 142 valence electrons. The van der Waals surface area contributed by atoms with Crippen LogP contribution in [0.5, 0.6) is 0 Å². The number of halogens is 2. The molecule has 7 heteroatoms. The molecule has 1 aromatic rings. The minimum atomic E-state index is 0. The fourth-order valence-corrected chi connectivity index (χ4v) is 2.84. The summed E-state index contributed by atoms with van der Waals surface area (Å²) in [7, 11) is 2.07. The molecule has 5 nitrogen and oxygen atoms in total. The molecule has 0 atom stereocenters. The third-order valence-electron chi connectivity index (χ3n) is 4.03. The van der Waals surface area contributed by atoms with Crippen LogP contribution in [0, 0.1) is 0 Å². The van der Waals surface area contributed by atoms with Crippen molar-refractivity contribution in [2.75, 3.05) is 53.0 Å². The summed E-state index contributed by atoms with van der Waals surface area (Å²) < 4.78 is 5.38.